The molecule has 1 heterocycles. The molecule has 0 saturated carbocycles. The van der Waals surface area contributed by atoms with E-state index < -0.39 is 10.0 Å². The molecule has 0 aliphatic rings. The third kappa shape index (κ3) is 3.36. The topological polar surface area (TPSA) is 76.5 Å². The molecule has 0 radical (unpaired) electrons. The summed E-state index contributed by atoms with van der Waals surface area (Å²) in [7, 11) is -1.70. The van der Waals surface area contributed by atoms with Gasteiger partial charge in [0, 0.05) is 23.5 Å². The van der Waals surface area contributed by atoms with Gasteiger partial charge in [-0.3, -0.25) is 4.90 Å². The Morgan fingerprint density at radius 2 is 1.92 bits per heavy atom. The van der Waals surface area contributed by atoms with Crippen LogP contribution in [0.15, 0.2) is 64.1 Å². The van der Waals surface area contributed by atoms with E-state index in [1.54, 1.807) is 18.4 Å². The third-order valence-electron chi connectivity index (χ3n) is 4.31. The summed E-state index contributed by atoms with van der Waals surface area (Å²) >= 11 is 0. The number of benzene rings is 2. The van der Waals surface area contributed by atoms with Gasteiger partial charge in [0.2, 0.25) is 10.0 Å². The van der Waals surface area contributed by atoms with E-state index in [0.717, 1.165) is 22.1 Å². The fourth-order valence-corrected chi connectivity index (χ4v) is 3.34. The highest BCUT2D eigenvalue weighted by Crippen LogP contribution is 2.26. The van der Waals surface area contributed by atoms with Crippen LogP contribution in [0.5, 0.6) is 0 Å². The molecule has 3 rings (SSSR count). The van der Waals surface area contributed by atoms with Crippen LogP contribution in [0.3, 0.4) is 0 Å². The summed E-state index contributed by atoms with van der Waals surface area (Å²) in [6.45, 7) is 2.72. The molecule has 0 aliphatic heterocycles. The van der Waals surface area contributed by atoms with Crippen molar-refractivity contribution in [2.75, 3.05) is 7.05 Å². The van der Waals surface area contributed by atoms with Crippen molar-refractivity contribution in [3.05, 3.63) is 65.9 Å². The number of fused-ring (bicyclic) bond motifs is 1. The smallest absolute Gasteiger partial charge is 0.238 e. The van der Waals surface area contributed by atoms with Gasteiger partial charge in [-0.25, -0.2) is 13.6 Å². The van der Waals surface area contributed by atoms with Gasteiger partial charge in [0.1, 0.15) is 5.58 Å². The van der Waals surface area contributed by atoms with E-state index in [9.17, 15) is 8.42 Å². The second-order valence-electron chi connectivity index (χ2n) is 5.97. The van der Waals surface area contributed by atoms with Crippen molar-refractivity contribution < 1.29 is 12.8 Å². The zero-order chi connectivity index (χ0) is 17.3. The number of para-hydroxylation sites is 1. The molecular formula is C18H20N2O3S. The van der Waals surface area contributed by atoms with Gasteiger partial charge in [-0.15, -0.1) is 0 Å². The molecule has 1 atom stereocenters. The van der Waals surface area contributed by atoms with Crippen LogP contribution in [-0.4, -0.2) is 20.4 Å². The molecule has 2 N–H and O–H groups in total. The van der Waals surface area contributed by atoms with Crippen molar-refractivity contribution in [2.45, 2.75) is 24.4 Å². The van der Waals surface area contributed by atoms with Crippen molar-refractivity contribution in [3.8, 4) is 0 Å². The monoisotopic (exact) mass is 344 g/mol. The van der Waals surface area contributed by atoms with Crippen LogP contribution >= 0.6 is 0 Å². The van der Waals surface area contributed by atoms with Crippen molar-refractivity contribution in [1.29, 1.82) is 0 Å². The van der Waals surface area contributed by atoms with E-state index in [0.29, 0.717) is 6.54 Å². The largest absolute Gasteiger partial charge is 0.464 e. The Labute approximate surface area is 141 Å². The van der Waals surface area contributed by atoms with E-state index >= 15 is 0 Å². The SMILES string of the molecule is C[C@H](c1cccc(S(N)(=O)=O)c1)N(C)Cc1coc2ccccc12. The molecule has 0 aliphatic carbocycles. The summed E-state index contributed by atoms with van der Waals surface area (Å²) < 4.78 is 28.6. The van der Waals surface area contributed by atoms with Crippen molar-refractivity contribution in [3.63, 3.8) is 0 Å². The zero-order valence-electron chi connectivity index (χ0n) is 13.6. The normalized spacial score (nSPS) is 13.5. The maximum Gasteiger partial charge on any atom is 0.238 e. The first-order valence-corrected chi connectivity index (χ1v) is 9.19. The Kier molecular flexibility index (Phi) is 4.45. The lowest BCUT2D eigenvalue weighted by Gasteiger charge is -2.25. The van der Waals surface area contributed by atoms with Crippen LogP contribution in [0.4, 0.5) is 0 Å². The Hall–Kier alpha value is -2.15. The van der Waals surface area contributed by atoms with Crippen molar-refractivity contribution >= 4 is 21.0 Å². The molecule has 2 aromatic carbocycles. The van der Waals surface area contributed by atoms with E-state index in [1.807, 2.05) is 44.3 Å². The summed E-state index contributed by atoms with van der Waals surface area (Å²) in [4.78, 5) is 2.27. The maximum atomic E-state index is 11.5. The minimum Gasteiger partial charge on any atom is -0.464 e. The number of furan rings is 1. The highest BCUT2D eigenvalue weighted by atomic mass is 32.2. The van der Waals surface area contributed by atoms with E-state index in [-0.39, 0.29) is 10.9 Å². The number of primary sulfonamides is 1. The van der Waals surface area contributed by atoms with Gasteiger partial charge in [0.15, 0.2) is 0 Å². The summed E-state index contributed by atoms with van der Waals surface area (Å²) in [5.41, 5.74) is 2.86. The number of nitrogens with two attached hydrogens (primary N) is 1. The fraction of sp³-hybridized carbons (Fsp3) is 0.222. The number of rotatable bonds is 5. The molecule has 3 aromatic rings. The van der Waals surface area contributed by atoms with Crippen LogP contribution in [-0.2, 0) is 16.6 Å². The van der Waals surface area contributed by atoms with Gasteiger partial charge < -0.3 is 4.42 Å². The first-order valence-electron chi connectivity index (χ1n) is 7.64. The first-order chi connectivity index (χ1) is 11.4. The quantitative estimate of drug-likeness (QED) is 0.770. The maximum absolute atomic E-state index is 11.5. The van der Waals surface area contributed by atoms with Crippen LogP contribution < -0.4 is 5.14 Å². The second kappa shape index (κ2) is 6.39. The summed E-state index contributed by atoms with van der Waals surface area (Å²) in [6.07, 6.45) is 1.77. The molecule has 1 aromatic heterocycles. The lowest BCUT2D eigenvalue weighted by Crippen LogP contribution is -2.22. The second-order valence-corrected chi connectivity index (χ2v) is 7.53. The Morgan fingerprint density at radius 1 is 1.17 bits per heavy atom. The average molecular weight is 344 g/mol. The molecule has 0 spiro atoms. The standard InChI is InChI=1S/C18H20N2O3S/c1-13(14-6-5-7-16(10-14)24(19,21)22)20(2)11-15-12-23-18-9-4-3-8-17(15)18/h3-10,12-13H,11H2,1-2H3,(H2,19,21,22)/t13-/m1/s1. The predicted octanol–water partition coefficient (Wildman–Crippen LogP) is 3.27. The first kappa shape index (κ1) is 16.7. The fourth-order valence-electron chi connectivity index (χ4n) is 2.77. The molecular weight excluding hydrogens is 324 g/mol. The molecule has 6 heteroatoms. The average Bonchev–Trinajstić information content (AvgIpc) is 2.96. The van der Waals surface area contributed by atoms with Crippen LogP contribution in [0, 0.1) is 0 Å². The van der Waals surface area contributed by atoms with Gasteiger partial charge >= 0.3 is 0 Å². The van der Waals surface area contributed by atoms with Crippen LogP contribution in [0.1, 0.15) is 24.1 Å². The summed E-state index contributed by atoms with van der Waals surface area (Å²) in [5, 5.41) is 6.31. The van der Waals surface area contributed by atoms with Gasteiger partial charge in [-0.1, -0.05) is 30.3 Å². The van der Waals surface area contributed by atoms with Gasteiger partial charge in [0.25, 0.3) is 0 Å². The molecule has 0 saturated heterocycles. The Morgan fingerprint density at radius 3 is 2.67 bits per heavy atom. The lowest BCUT2D eigenvalue weighted by molar-refractivity contribution is 0.253. The van der Waals surface area contributed by atoms with Gasteiger partial charge in [0.05, 0.1) is 11.2 Å². The molecule has 24 heavy (non-hydrogen) atoms. The predicted molar refractivity (Wildman–Crippen MR) is 93.9 cm³/mol. The summed E-state index contributed by atoms with van der Waals surface area (Å²) in [6, 6.07) is 14.7. The Bertz CT molecular complexity index is 963. The number of hydrogen-bond acceptors (Lipinski definition) is 4. The number of nitrogens with zero attached hydrogens (tertiary/aromatic N) is 1. The minimum absolute atomic E-state index is 0.0281. The lowest BCUT2D eigenvalue weighted by atomic mass is 10.1. The van der Waals surface area contributed by atoms with Gasteiger partial charge in [-0.05, 0) is 37.7 Å². The number of hydrogen-bond donors (Lipinski definition) is 1. The van der Waals surface area contributed by atoms with E-state index in [2.05, 4.69) is 4.90 Å². The van der Waals surface area contributed by atoms with Crippen molar-refractivity contribution in [1.82, 2.24) is 4.90 Å². The molecule has 0 unspecified atom stereocenters. The molecule has 0 bridgehead atoms. The highest BCUT2D eigenvalue weighted by molar-refractivity contribution is 7.89. The minimum atomic E-state index is -3.70. The third-order valence-corrected chi connectivity index (χ3v) is 5.22. The molecule has 0 fully saturated rings. The zero-order valence-corrected chi connectivity index (χ0v) is 14.5. The van der Waals surface area contributed by atoms with E-state index in [1.165, 1.54) is 6.07 Å². The Balaban J connectivity index is 1.83. The molecule has 0 amide bonds. The summed E-state index contributed by atoms with van der Waals surface area (Å²) in [5.74, 6) is 0. The number of sulfonamides is 1. The van der Waals surface area contributed by atoms with E-state index in [4.69, 9.17) is 9.56 Å². The van der Waals surface area contributed by atoms with Crippen LogP contribution in [0.2, 0.25) is 0 Å². The molecule has 5 nitrogen and oxygen atoms in total. The molecule has 126 valence electrons. The highest BCUT2D eigenvalue weighted by Gasteiger charge is 2.17. The van der Waals surface area contributed by atoms with Crippen molar-refractivity contribution in [2.24, 2.45) is 5.14 Å². The van der Waals surface area contributed by atoms with Gasteiger partial charge in [-0.2, -0.15) is 0 Å². The van der Waals surface area contributed by atoms with Crippen LogP contribution in [0.25, 0.3) is 11.0 Å².